The van der Waals surface area contributed by atoms with E-state index < -0.39 is 0 Å². The van der Waals surface area contributed by atoms with Gasteiger partial charge in [0.15, 0.2) is 0 Å². The van der Waals surface area contributed by atoms with E-state index in [0.29, 0.717) is 26.3 Å². The zero-order valence-electron chi connectivity index (χ0n) is 12.3. The van der Waals surface area contributed by atoms with Gasteiger partial charge in [0.05, 0.1) is 23.0 Å². The quantitative estimate of drug-likeness (QED) is 0.822. The highest BCUT2D eigenvalue weighted by molar-refractivity contribution is 9.11. The monoisotopic (exact) mass is 375 g/mol. The topological polar surface area (TPSA) is 67.6 Å². The molecule has 2 heterocycles. The van der Waals surface area contributed by atoms with Crippen molar-refractivity contribution in [3.05, 3.63) is 20.8 Å². The lowest BCUT2D eigenvalue weighted by molar-refractivity contribution is -0.135. The summed E-state index contributed by atoms with van der Waals surface area (Å²) < 4.78 is 6.58. The van der Waals surface area contributed by atoms with Gasteiger partial charge in [0.1, 0.15) is 6.04 Å². The lowest BCUT2D eigenvalue weighted by Crippen LogP contribution is -2.56. The first-order chi connectivity index (χ1) is 10.0. The van der Waals surface area contributed by atoms with Gasteiger partial charge in [0.25, 0.3) is 0 Å². The molecule has 2 atom stereocenters. The van der Waals surface area contributed by atoms with Crippen LogP contribution in [0.3, 0.4) is 0 Å². The van der Waals surface area contributed by atoms with Gasteiger partial charge >= 0.3 is 0 Å². The maximum absolute atomic E-state index is 12.4. The molecule has 0 aliphatic carbocycles. The standard InChI is InChI=1S/C14H22BrN3O2S/c1-9(2)17-14(19)11-8-20-6-5-18(11)10(7-16)12-3-4-13(15)21-12/h3-4,9-11H,5-8,16H2,1-2H3,(H,17,19). The number of hydrogen-bond donors (Lipinski definition) is 2. The molecule has 0 spiro atoms. The van der Waals surface area contributed by atoms with E-state index in [0.717, 1.165) is 3.79 Å². The second-order valence-electron chi connectivity index (χ2n) is 5.39. The van der Waals surface area contributed by atoms with Crippen molar-refractivity contribution in [3.8, 4) is 0 Å². The number of ether oxygens (including phenoxy) is 1. The van der Waals surface area contributed by atoms with E-state index in [-0.39, 0.29) is 24.0 Å². The van der Waals surface area contributed by atoms with E-state index in [2.05, 4.69) is 32.2 Å². The number of carbonyl (C=O) groups is 1. The second-order valence-corrected chi connectivity index (χ2v) is 7.88. The fraction of sp³-hybridized carbons (Fsp3) is 0.643. The van der Waals surface area contributed by atoms with E-state index in [1.165, 1.54) is 4.88 Å². The summed E-state index contributed by atoms with van der Waals surface area (Å²) >= 11 is 5.15. The molecule has 2 unspecified atom stereocenters. The predicted octanol–water partition coefficient (Wildman–Crippen LogP) is 1.74. The molecule has 5 nitrogen and oxygen atoms in total. The van der Waals surface area contributed by atoms with E-state index in [4.69, 9.17) is 10.5 Å². The molecule has 1 aliphatic rings. The van der Waals surface area contributed by atoms with Crippen molar-refractivity contribution >= 4 is 33.2 Å². The van der Waals surface area contributed by atoms with E-state index in [9.17, 15) is 4.79 Å². The number of nitrogens with two attached hydrogens (primary N) is 1. The Morgan fingerprint density at radius 2 is 2.38 bits per heavy atom. The molecule has 0 bridgehead atoms. The third-order valence-corrected chi connectivity index (χ3v) is 5.17. The number of amides is 1. The van der Waals surface area contributed by atoms with Gasteiger partial charge in [-0.25, -0.2) is 0 Å². The molecule has 2 rings (SSSR count). The molecule has 0 radical (unpaired) electrons. The lowest BCUT2D eigenvalue weighted by atomic mass is 10.1. The Balaban J connectivity index is 2.18. The Hall–Kier alpha value is -0.470. The molecule has 1 aromatic heterocycles. The maximum Gasteiger partial charge on any atom is 0.239 e. The van der Waals surface area contributed by atoms with Gasteiger partial charge < -0.3 is 15.8 Å². The summed E-state index contributed by atoms with van der Waals surface area (Å²) in [5, 5.41) is 2.97. The number of halogens is 1. The molecule has 118 valence electrons. The first-order valence-corrected chi connectivity index (χ1v) is 8.73. The molecule has 0 saturated carbocycles. The smallest absolute Gasteiger partial charge is 0.239 e. The Morgan fingerprint density at radius 3 is 2.95 bits per heavy atom. The summed E-state index contributed by atoms with van der Waals surface area (Å²) in [6, 6.07) is 3.98. The minimum absolute atomic E-state index is 0.0128. The largest absolute Gasteiger partial charge is 0.378 e. The van der Waals surface area contributed by atoms with Crippen LogP contribution in [0.15, 0.2) is 15.9 Å². The van der Waals surface area contributed by atoms with Gasteiger partial charge in [-0.3, -0.25) is 9.69 Å². The normalized spacial score (nSPS) is 21.5. The number of morpholine rings is 1. The van der Waals surface area contributed by atoms with Crippen LogP contribution < -0.4 is 11.1 Å². The molecule has 1 fully saturated rings. The number of carbonyl (C=O) groups excluding carboxylic acids is 1. The van der Waals surface area contributed by atoms with Gasteiger partial charge in [-0.2, -0.15) is 0 Å². The molecule has 1 amide bonds. The predicted molar refractivity (Wildman–Crippen MR) is 88.4 cm³/mol. The zero-order chi connectivity index (χ0) is 15.4. The van der Waals surface area contributed by atoms with Crippen LogP contribution in [0.5, 0.6) is 0 Å². The molecule has 3 N–H and O–H groups in total. The van der Waals surface area contributed by atoms with Crippen molar-refractivity contribution < 1.29 is 9.53 Å². The highest BCUT2D eigenvalue weighted by atomic mass is 79.9. The van der Waals surface area contributed by atoms with Crippen molar-refractivity contribution in [2.45, 2.75) is 32.0 Å². The summed E-state index contributed by atoms with van der Waals surface area (Å²) in [6.07, 6.45) is 0. The summed E-state index contributed by atoms with van der Waals surface area (Å²) in [6.45, 7) is 6.17. The van der Waals surface area contributed by atoms with Crippen LogP contribution in [0.2, 0.25) is 0 Å². The SMILES string of the molecule is CC(C)NC(=O)C1COCCN1C(CN)c1ccc(Br)s1. The van der Waals surface area contributed by atoms with E-state index >= 15 is 0 Å². The van der Waals surface area contributed by atoms with Crippen molar-refractivity contribution in [3.63, 3.8) is 0 Å². The summed E-state index contributed by atoms with van der Waals surface area (Å²) in [7, 11) is 0. The van der Waals surface area contributed by atoms with Gasteiger partial charge in [-0.15, -0.1) is 11.3 Å². The Morgan fingerprint density at radius 1 is 1.62 bits per heavy atom. The lowest BCUT2D eigenvalue weighted by Gasteiger charge is -2.39. The first-order valence-electron chi connectivity index (χ1n) is 7.12. The van der Waals surface area contributed by atoms with Crippen molar-refractivity contribution in [2.24, 2.45) is 5.73 Å². The second kappa shape index (κ2) is 7.69. The number of hydrogen-bond acceptors (Lipinski definition) is 5. The number of nitrogens with one attached hydrogen (secondary N) is 1. The maximum atomic E-state index is 12.4. The van der Waals surface area contributed by atoms with Gasteiger partial charge in [-0.1, -0.05) is 0 Å². The van der Waals surface area contributed by atoms with Crippen molar-refractivity contribution in [1.29, 1.82) is 0 Å². The molecular weight excluding hydrogens is 354 g/mol. The summed E-state index contributed by atoms with van der Waals surface area (Å²) in [5.41, 5.74) is 5.99. The molecule has 21 heavy (non-hydrogen) atoms. The zero-order valence-corrected chi connectivity index (χ0v) is 14.7. The van der Waals surface area contributed by atoms with Crippen LogP contribution >= 0.6 is 27.3 Å². The number of rotatable bonds is 5. The van der Waals surface area contributed by atoms with Crippen LogP contribution in [0.1, 0.15) is 24.8 Å². The van der Waals surface area contributed by atoms with Gasteiger partial charge in [0, 0.05) is 24.0 Å². The summed E-state index contributed by atoms with van der Waals surface area (Å²) in [4.78, 5) is 15.7. The minimum Gasteiger partial charge on any atom is -0.378 e. The average molecular weight is 376 g/mol. The third kappa shape index (κ3) is 4.26. The number of nitrogens with zero attached hydrogens (tertiary/aromatic N) is 1. The van der Waals surface area contributed by atoms with Crippen LogP contribution in [0, 0.1) is 0 Å². The molecule has 1 aromatic rings. The Bertz CT molecular complexity index is 481. The highest BCUT2D eigenvalue weighted by Crippen LogP contribution is 2.32. The third-order valence-electron chi connectivity index (χ3n) is 3.45. The van der Waals surface area contributed by atoms with E-state index in [1.807, 2.05) is 19.9 Å². The molecule has 1 saturated heterocycles. The van der Waals surface area contributed by atoms with Crippen LogP contribution in [0.4, 0.5) is 0 Å². The Kier molecular flexibility index (Phi) is 6.19. The summed E-state index contributed by atoms with van der Waals surface area (Å²) in [5.74, 6) is 0.0128. The number of thiophene rings is 1. The van der Waals surface area contributed by atoms with Crippen LogP contribution in [0.25, 0.3) is 0 Å². The average Bonchev–Trinajstić information content (AvgIpc) is 2.86. The van der Waals surface area contributed by atoms with E-state index in [1.54, 1.807) is 11.3 Å². The van der Waals surface area contributed by atoms with Gasteiger partial charge in [0.2, 0.25) is 5.91 Å². The molecule has 7 heteroatoms. The van der Waals surface area contributed by atoms with Crippen LogP contribution in [-0.4, -0.2) is 49.2 Å². The first kappa shape index (κ1) is 16.9. The molecular formula is C14H22BrN3O2S. The molecule has 1 aliphatic heterocycles. The van der Waals surface area contributed by atoms with Crippen molar-refractivity contribution in [1.82, 2.24) is 10.2 Å². The van der Waals surface area contributed by atoms with Gasteiger partial charge in [-0.05, 0) is 41.9 Å². The minimum atomic E-state index is -0.282. The molecule has 0 aromatic carbocycles. The Labute approximate surface area is 138 Å². The highest BCUT2D eigenvalue weighted by Gasteiger charge is 2.35. The van der Waals surface area contributed by atoms with Crippen molar-refractivity contribution in [2.75, 3.05) is 26.3 Å². The van der Waals surface area contributed by atoms with Crippen LogP contribution in [-0.2, 0) is 9.53 Å². The fourth-order valence-corrected chi connectivity index (χ4v) is 4.08. The fourth-order valence-electron chi connectivity index (χ4n) is 2.52.